The van der Waals surface area contributed by atoms with Gasteiger partial charge in [-0.15, -0.1) is 0 Å². The van der Waals surface area contributed by atoms with Crippen LogP contribution in [-0.4, -0.2) is 50.7 Å². The van der Waals surface area contributed by atoms with Crippen molar-refractivity contribution in [1.82, 2.24) is 24.5 Å². The molecule has 0 amide bonds. The van der Waals surface area contributed by atoms with Gasteiger partial charge in [0.2, 0.25) is 5.95 Å². The first-order valence-electron chi connectivity index (χ1n) is 12.6. The van der Waals surface area contributed by atoms with Crippen LogP contribution >= 0.6 is 0 Å². The van der Waals surface area contributed by atoms with Crippen molar-refractivity contribution < 1.29 is 26.3 Å². The van der Waals surface area contributed by atoms with Gasteiger partial charge < -0.3 is 10.2 Å². The number of anilines is 1. The Bertz CT molecular complexity index is 1390. The van der Waals surface area contributed by atoms with Crippen LogP contribution in [0.3, 0.4) is 0 Å². The average molecular weight is 551 g/mol. The van der Waals surface area contributed by atoms with Gasteiger partial charge in [0.25, 0.3) is 0 Å². The minimum absolute atomic E-state index is 0.201. The Hall–Kier alpha value is -3.67. The number of alkyl halides is 6. The SMILES string of the molecule is CCN(CC)CCCCNc1nccc(-c2c(-c3ccc(C(F)(F)F)cc3)nn3cc(C(F)(F)F)ccc23)n1. The number of nitrogens with zero attached hydrogens (tertiary/aromatic N) is 5. The summed E-state index contributed by atoms with van der Waals surface area (Å²) >= 11 is 0. The van der Waals surface area contributed by atoms with Gasteiger partial charge in [0.1, 0.15) is 5.69 Å². The van der Waals surface area contributed by atoms with Crippen molar-refractivity contribution in [1.29, 1.82) is 0 Å². The topological polar surface area (TPSA) is 58.3 Å². The number of pyridine rings is 1. The van der Waals surface area contributed by atoms with Crippen molar-refractivity contribution in [2.75, 3.05) is 31.5 Å². The van der Waals surface area contributed by atoms with Gasteiger partial charge in [0, 0.05) is 24.5 Å². The predicted octanol–water partition coefficient (Wildman–Crippen LogP) is 7.03. The molecule has 4 aromatic rings. The molecule has 39 heavy (non-hydrogen) atoms. The molecule has 1 N–H and O–H groups in total. The van der Waals surface area contributed by atoms with Gasteiger partial charge in [-0.05, 0) is 62.8 Å². The molecule has 4 rings (SSSR count). The molecular weight excluding hydrogens is 522 g/mol. The normalized spacial score (nSPS) is 12.4. The molecular formula is C27H28F6N6. The van der Waals surface area contributed by atoms with Gasteiger partial charge in [0.05, 0.1) is 27.9 Å². The number of halogens is 6. The second-order valence-corrected chi connectivity index (χ2v) is 8.97. The van der Waals surface area contributed by atoms with E-state index in [1.54, 1.807) is 6.07 Å². The summed E-state index contributed by atoms with van der Waals surface area (Å²) < 4.78 is 80.5. The van der Waals surface area contributed by atoms with Gasteiger partial charge in [-0.3, -0.25) is 0 Å². The van der Waals surface area contributed by atoms with E-state index in [2.05, 4.69) is 39.1 Å². The highest BCUT2D eigenvalue weighted by Gasteiger charge is 2.32. The van der Waals surface area contributed by atoms with E-state index in [0.29, 0.717) is 34.8 Å². The molecule has 0 bridgehead atoms. The maximum absolute atomic E-state index is 13.4. The summed E-state index contributed by atoms with van der Waals surface area (Å²) in [5, 5.41) is 7.50. The quantitative estimate of drug-likeness (QED) is 0.170. The Labute approximate surface area is 221 Å². The number of hydrogen-bond donors (Lipinski definition) is 1. The van der Waals surface area contributed by atoms with Gasteiger partial charge in [0.15, 0.2) is 0 Å². The van der Waals surface area contributed by atoms with Crippen molar-refractivity contribution in [2.24, 2.45) is 0 Å². The predicted molar refractivity (Wildman–Crippen MR) is 137 cm³/mol. The number of hydrogen-bond acceptors (Lipinski definition) is 5. The average Bonchev–Trinajstić information content (AvgIpc) is 3.29. The molecule has 1 aromatic carbocycles. The first-order chi connectivity index (χ1) is 18.5. The minimum Gasteiger partial charge on any atom is -0.354 e. The maximum Gasteiger partial charge on any atom is 0.417 e. The largest absolute Gasteiger partial charge is 0.417 e. The fourth-order valence-corrected chi connectivity index (χ4v) is 4.27. The minimum atomic E-state index is -4.59. The summed E-state index contributed by atoms with van der Waals surface area (Å²) in [6, 6.07) is 8.12. The van der Waals surface area contributed by atoms with E-state index in [1.165, 1.54) is 24.4 Å². The Morgan fingerprint density at radius 1 is 0.846 bits per heavy atom. The van der Waals surface area contributed by atoms with Crippen LogP contribution < -0.4 is 5.32 Å². The summed E-state index contributed by atoms with van der Waals surface area (Å²) in [6.07, 6.45) is -4.88. The summed E-state index contributed by atoms with van der Waals surface area (Å²) in [4.78, 5) is 11.1. The van der Waals surface area contributed by atoms with E-state index in [9.17, 15) is 26.3 Å². The molecule has 3 heterocycles. The van der Waals surface area contributed by atoms with Crippen molar-refractivity contribution in [2.45, 2.75) is 39.0 Å². The second-order valence-electron chi connectivity index (χ2n) is 8.97. The van der Waals surface area contributed by atoms with Gasteiger partial charge >= 0.3 is 12.4 Å². The standard InChI is InChI=1S/C27H28F6N6/c1-3-38(4-2)16-6-5-14-34-25-35-15-13-21(36-25)23-22-12-11-20(27(31,32)33)17-39(22)37-24(23)18-7-9-19(10-8-18)26(28,29)30/h7-13,15,17H,3-6,14,16H2,1-2H3,(H,34,35,36). The monoisotopic (exact) mass is 550 g/mol. The number of aromatic nitrogens is 4. The third kappa shape index (κ3) is 6.67. The Morgan fingerprint density at radius 2 is 1.51 bits per heavy atom. The maximum atomic E-state index is 13.4. The number of unbranched alkanes of at least 4 members (excludes halogenated alkanes) is 1. The Kier molecular flexibility index (Phi) is 8.43. The number of fused-ring (bicyclic) bond motifs is 1. The lowest BCUT2D eigenvalue weighted by Crippen LogP contribution is -2.24. The fraction of sp³-hybridized carbons (Fsp3) is 0.370. The van der Waals surface area contributed by atoms with Crippen molar-refractivity contribution in [3.63, 3.8) is 0 Å². The summed E-state index contributed by atoms with van der Waals surface area (Å²) in [6.45, 7) is 7.81. The molecule has 6 nitrogen and oxygen atoms in total. The molecule has 0 spiro atoms. The molecule has 0 aliphatic heterocycles. The molecule has 3 aromatic heterocycles. The molecule has 0 fully saturated rings. The second kappa shape index (κ2) is 11.6. The van der Waals surface area contributed by atoms with Crippen LogP contribution in [-0.2, 0) is 12.4 Å². The van der Waals surface area contributed by atoms with Crippen LogP contribution in [0.2, 0.25) is 0 Å². The lowest BCUT2D eigenvalue weighted by Gasteiger charge is -2.17. The van der Waals surface area contributed by atoms with E-state index < -0.39 is 23.5 Å². The van der Waals surface area contributed by atoms with Crippen LogP contribution in [0, 0.1) is 0 Å². The highest BCUT2D eigenvalue weighted by atomic mass is 19.4. The lowest BCUT2D eigenvalue weighted by atomic mass is 10.0. The third-order valence-electron chi connectivity index (χ3n) is 6.43. The van der Waals surface area contributed by atoms with Crippen molar-refractivity contribution >= 4 is 11.5 Å². The molecule has 0 saturated carbocycles. The van der Waals surface area contributed by atoms with Crippen LogP contribution in [0.25, 0.3) is 28.0 Å². The molecule has 0 radical (unpaired) electrons. The zero-order valence-electron chi connectivity index (χ0n) is 21.4. The van der Waals surface area contributed by atoms with Gasteiger partial charge in [-0.25, -0.2) is 14.5 Å². The van der Waals surface area contributed by atoms with Crippen molar-refractivity contribution in [3.8, 4) is 22.5 Å². The van der Waals surface area contributed by atoms with E-state index in [4.69, 9.17) is 0 Å². The molecule has 12 heteroatoms. The van der Waals surface area contributed by atoms with Gasteiger partial charge in [-0.2, -0.15) is 31.4 Å². The third-order valence-corrected chi connectivity index (χ3v) is 6.43. The van der Waals surface area contributed by atoms with E-state index in [1.807, 2.05) is 0 Å². The first-order valence-corrected chi connectivity index (χ1v) is 12.6. The molecule has 0 aliphatic rings. The number of nitrogens with one attached hydrogen (secondary N) is 1. The highest BCUT2D eigenvalue weighted by molar-refractivity contribution is 5.91. The molecule has 208 valence electrons. The van der Waals surface area contributed by atoms with Gasteiger partial charge in [-0.1, -0.05) is 26.0 Å². The van der Waals surface area contributed by atoms with Crippen LogP contribution in [0.4, 0.5) is 32.3 Å². The van der Waals surface area contributed by atoms with E-state index in [-0.39, 0.29) is 5.69 Å². The van der Waals surface area contributed by atoms with Crippen molar-refractivity contribution in [3.05, 3.63) is 66.0 Å². The summed E-state index contributed by atoms with van der Waals surface area (Å²) in [5.74, 6) is 0.333. The van der Waals surface area contributed by atoms with Crippen LogP contribution in [0.5, 0.6) is 0 Å². The molecule has 0 aliphatic carbocycles. The Morgan fingerprint density at radius 3 is 2.15 bits per heavy atom. The Balaban J connectivity index is 1.68. The zero-order chi connectivity index (χ0) is 28.2. The molecule has 0 atom stereocenters. The first kappa shape index (κ1) is 28.3. The number of benzene rings is 1. The smallest absolute Gasteiger partial charge is 0.354 e. The fourth-order valence-electron chi connectivity index (χ4n) is 4.27. The lowest BCUT2D eigenvalue weighted by molar-refractivity contribution is -0.138. The highest BCUT2D eigenvalue weighted by Crippen LogP contribution is 2.38. The van der Waals surface area contributed by atoms with Crippen LogP contribution in [0.1, 0.15) is 37.8 Å². The summed E-state index contributed by atoms with van der Waals surface area (Å²) in [7, 11) is 0. The number of rotatable bonds is 10. The molecule has 0 saturated heterocycles. The van der Waals surface area contributed by atoms with Crippen LogP contribution in [0.15, 0.2) is 54.9 Å². The zero-order valence-corrected chi connectivity index (χ0v) is 21.4. The van der Waals surface area contributed by atoms with E-state index >= 15 is 0 Å². The molecule has 0 unspecified atom stereocenters. The summed E-state index contributed by atoms with van der Waals surface area (Å²) in [5.41, 5.74) is -0.160. The van der Waals surface area contributed by atoms with E-state index in [0.717, 1.165) is 61.4 Å².